The summed E-state index contributed by atoms with van der Waals surface area (Å²) in [6.07, 6.45) is 0. The van der Waals surface area contributed by atoms with Gasteiger partial charge < -0.3 is 9.13 Å². The van der Waals surface area contributed by atoms with Gasteiger partial charge in [-0.2, -0.15) is 0 Å². The number of hydrogen-bond acceptors (Lipinski definition) is 0. The predicted molar refractivity (Wildman–Crippen MR) is 198 cm³/mol. The Hall–Kier alpha value is -5.86. The number of aromatic nitrogens is 2. The van der Waals surface area contributed by atoms with Crippen molar-refractivity contribution in [2.45, 2.75) is 19.3 Å². The highest BCUT2D eigenvalue weighted by atomic mass is 15.0. The molecular weight excluding hydrogens is 569 g/mol. The second kappa shape index (κ2) is 9.57. The van der Waals surface area contributed by atoms with Gasteiger partial charge in [-0.15, -0.1) is 0 Å². The molecule has 0 aliphatic heterocycles. The van der Waals surface area contributed by atoms with Gasteiger partial charge in [0, 0.05) is 38.3 Å². The van der Waals surface area contributed by atoms with E-state index in [0.29, 0.717) is 0 Å². The summed E-state index contributed by atoms with van der Waals surface area (Å²) < 4.78 is 5.05. The number of rotatable bonds is 3. The van der Waals surface area contributed by atoms with E-state index in [0.717, 1.165) is 0 Å². The molecule has 2 heterocycles. The molecule has 0 fully saturated rings. The van der Waals surface area contributed by atoms with Crippen LogP contribution >= 0.6 is 0 Å². The minimum Gasteiger partial charge on any atom is -0.309 e. The molecular formula is C45H32N2. The van der Waals surface area contributed by atoms with E-state index in [4.69, 9.17) is 0 Å². The van der Waals surface area contributed by atoms with Crippen LogP contribution in [0.1, 0.15) is 25.0 Å². The normalized spacial score (nSPS) is 13.5. The zero-order valence-electron chi connectivity index (χ0n) is 26.4. The van der Waals surface area contributed by atoms with Gasteiger partial charge in [-0.25, -0.2) is 0 Å². The third-order valence-electron chi connectivity index (χ3n) is 10.5. The van der Waals surface area contributed by atoms with Crippen molar-refractivity contribution >= 4 is 43.6 Å². The lowest BCUT2D eigenvalue weighted by Crippen LogP contribution is -2.16. The lowest BCUT2D eigenvalue weighted by atomic mass is 9.81. The molecule has 2 aromatic heterocycles. The summed E-state index contributed by atoms with van der Waals surface area (Å²) in [5.74, 6) is 0. The van der Waals surface area contributed by atoms with Gasteiger partial charge in [0.1, 0.15) is 0 Å². The van der Waals surface area contributed by atoms with Gasteiger partial charge in [-0.3, -0.25) is 0 Å². The highest BCUT2D eigenvalue weighted by molar-refractivity contribution is 6.32. The smallest absolute Gasteiger partial charge is 0.0647 e. The fourth-order valence-corrected chi connectivity index (χ4v) is 8.50. The molecule has 9 aromatic rings. The van der Waals surface area contributed by atoms with Crippen molar-refractivity contribution in [2.24, 2.45) is 0 Å². The summed E-state index contributed by atoms with van der Waals surface area (Å²) in [6, 6.07) is 57.7. The van der Waals surface area contributed by atoms with Crippen LogP contribution in [0, 0.1) is 0 Å². The topological polar surface area (TPSA) is 9.86 Å². The number of nitrogens with zero attached hydrogens (tertiary/aromatic N) is 2. The van der Waals surface area contributed by atoms with Crippen LogP contribution < -0.4 is 0 Å². The summed E-state index contributed by atoms with van der Waals surface area (Å²) in [5.41, 5.74) is 15.1. The van der Waals surface area contributed by atoms with Crippen LogP contribution in [-0.2, 0) is 5.41 Å². The van der Waals surface area contributed by atoms with E-state index in [9.17, 15) is 0 Å². The van der Waals surface area contributed by atoms with Crippen molar-refractivity contribution in [2.75, 3.05) is 0 Å². The summed E-state index contributed by atoms with van der Waals surface area (Å²) >= 11 is 0. The Morgan fingerprint density at radius 2 is 0.936 bits per heavy atom. The zero-order chi connectivity index (χ0) is 31.3. The van der Waals surface area contributed by atoms with E-state index in [1.54, 1.807) is 0 Å². The van der Waals surface area contributed by atoms with Gasteiger partial charge in [0.15, 0.2) is 0 Å². The number of para-hydroxylation sites is 3. The van der Waals surface area contributed by atoms with Gasteiger partial charge in [0.05, 0.1) is 22.1 Å². The van der Waals surface area contributed by atoms with Crippen LogP contribution in [0.5, 0.6) is 0 Å². The molecule has 0 atom stereocenters. The van der Waals surface area contributed by atoms with Crippen LogP contribution in [0.4, 0.5) is 0 Å². The Bertz CT molecular complexity index is 2670. The summed E-state index contributed by atoms with van der Waals surface area (Å²) in [6.45, 7) is 4.83. The lowest BCUT2D eigenvalue weighted by molar-refractivity contribution is 0.664. The molecule has 222 valence electrons. The van der Waals surface area contributed by atoms with E-state index < -0.39 is 0 Å². The SMILES string of the molecule is CC1(C)c2ccccc2-c2c1c1c(c3ccccc3n1-c1ccc(-c3ccccc3)cc1)c1c2c2ccccc2n1-c1ccccc1. The molecule has 0 unspecified atom stereocenters. The summed E-state index contributed by atoms with van der Waals surface area (Å²) in [5, 5.41) is 5.21. The molecule has 2 heteroatoms. The summed E-state index contributed by atoms with van der Waals surface area (Å²) in [7, 11) is 0. The van der Waals surface area contributed by atoms with Crippen molar-refractivity contribution in [1.29, 1.82) is 0 Å². The van der Waals surface area contributed by atoms with Crippen molar-refractivity contribution < 1.29 is 0 Å². The van der Waals surface area contributed by atoms with Crippen molar-refractivity contribution in [3.05, 3.63) is 169 Å². The van der Waals surface area contributed by atoms with Crippen LogP contribution in [0.25, 0.3) is 77.2 Å². The van der Waals surface area contributed by atoms with E-state index in [2.05, 4.69) is 181 Å². The Kier molecular flexibility index (Phi) is 5.37. The lowest BCUT2D eigenvalue weighted by Gasteiger charge is -2.24. The Morgan fingerprint density at radius 1 is 0.426 bits per heavy atom. The Morgan fingerprint density at radius 3 is 1.64 bits per heavy atom. The van der Waals surface area contributed by atoms with Crippen LogP contribution in [-0.4, -0.2) is 9.13 Å². The molecule has 0 amide bonds. The fraction of sp³-hybridized carbons (Fsp3) is 0.0667. The van der Waals surface area contributed by atoms with Gasteiger partial charge >= 0.3 is 0 Å². The quantitative estimate of drug-likeness (QED) is 0.191. The first-order valence-electron chi connectivity index (χ1n) is 16.5. The Labute approximate surface area is 273 Å². The third kappa shape index (κ3) is 3.50. The van der Waals surface area contributed by atoms with Crippen molar-refractivity contribution in [1.82, 2.24) is 9.13 Å². The maximum Gasteiger partial charge on any atom is 0.0647 e. The highest BCUT2D eigenvalue weighted by Crippen LogP contribution is 2.58. The van der Waals surface area contributed by atoms with E-state index in [1.165, 1.54) is 88.4 Å². The second-order valence-electron chi connectivity index (χ2n) is 13.3. The minimum absolute atomic E-state index is 0.204. The van der Waals surface area contributed by atoms with E-state index >= 15 is 0 Å². The molecule has 10 rings (SSSR count). The van der Waals surface area contributed by atoms with Gasteiger partial charge in [0.25, 0.3) is 0 Å². The second-order valence-corrected chi connectivity index (χ2v) is 13.3. The number of fused-ring (bicyclic) bond motifs is 12. The van der Waals surface area contributed by atoms with Gasteiger partial charge in [-0.05, 0) is 69.8 Å². The average Bonchev–Trinajstić information content (AvgIpc) is 3.73. The predicted octanol–water partition coefficient (Wildman–Crippen LogP) is 11.9. The molecule has 47 heavy (non-hydrogen) atoms. The molecule has 0 radical (unpaired) electrons. The fourth-order valence-electron chi connectivity index (χ4n) is 8.50. The molecule has 1 aliphatic carbocycles. The van der Waals surface area contributed by atoms with Gasteiger partial charge in [0.2, 0.25) is 0 Å². The number of benzene rings is 7. The first-order valence-corrected chi connectivity index (χ1v) is 16.5. The third-order valence-corrected chi connectivity index (χ3v) is 10.5. The molecule has 7 aromatic carbocycles. The van der Waals surface area contributed by atoms with Gasteiger partial charge in [-0.1, -0.05) is 135 Å². The monoisotopic (exact) mass is 600 g/mol. The molecule has 0 spiro atoms. The molecule has 0 bridgehead atoms. The molecule has 1 aliphatic rings. The van der Waals surface area contributed by atoms with E-state index in [-0.39, 0.29) is 5.41 Å². The van der Waals surface area contributed by atoms with E-state index in [1.807, 2.05) is 0 Å². The first-order chi connectivity index (χ1) is 23.1. The molecule has 0 saturated carbocycles. The van der Waals surface area contributed by atoms with Crippen LogP contribution in [0.3, 0.4) is 0 Å². The zero-order valence-corrected chi connectivity index (χ0v) is 26.4. The molecule has 2 nitrogen and oxygen atoms in total. The molecule has 0 N–H and O–H groups in total. The molecule has 0 saturated heterocycles. The van der Waals surface area contributed by atoms with Crippen LogP contribution in [0.2, 0.25) is 0 Å². The first kappa shape index (κ1) is 26.4. The standard InChI is InChI=1S/C45H32N2/c1-45(2)36-22-12-9-19-33(36)39-40-34-20-10-13-23-37(34)46(31-17-7-4-8-18-31)43(40)41-35-21-11-14-24-38(35)47(44(41)42(39)45)32-27-25-30(26-28-32)29-15-5-3-6-16-29/h3-28H,1-2H3. The number of hydrogen-bond donors (Lipinski definition) is 0. The van der Waals surface area contributed by atoms with Crippen molar-refractivity contribution in [3.63, 3.8) is 0 Å². The van der Waals surface area contributed by atoms with Crippen LogP contribution in [0.15, 0.2) is 158 Å². The Balaban J connectivity index is 1.46. The average molecular weight is 601 g/mol. The minimum atomic E-state index is -0.204. The van der Waals surface area contributed by atoms with Crippen molar-refractivity contribution in [3.8, 4) is 33.6 Å². The summed E-state index contributed by atoms with van der Waals surface area (Å²) in [4.78, 5) is 0. The largest absolute Gasteiger partial charge is 0.309 e. The maximum atomic E-state index is 2.54. The maximum absolute atomic E-state index is 2.54. The highest BCUT2D eigenvalue weighted by Gasteiger charge is 2.41.